The highest BCUT2D eigenvalue weighted by atomic mass is 15.3. The lowest BCUT2D eigenvalue weighted by atomic mass is 10.1. The van der Waals surface area contributed by atoms with Gasteiger partial charge in [0.1, 0.15) is 0 Å². The molecule has 0 aromatic heterocycles. The van der Waals surface area contributed by atoms with Crippen LogP contribution < -0.4 is 11.5 Å². The Hall–Kier alpha value is -1.88. The van der Waals surface area contributed by atoms with Gasteiger partial charge in [0.2, 0.25) is 5.96 Å². The van der Waals surface area contributed by atoms with Gasteiger partial charge in [-0.2, -0.15) is 5.10 Å². The van der Waals surface area contributed by atoms with E-state index in [0.29, 0.717) is 0 Å². The lowest BCUT2D eigenvalue weighted by molar-refractivity contribution is 0.277. The summed E-state index contributed by atoms with van der Waals surface area (Å²) in [4.78, 5) is 2.54. The highest BCUT2D eigenvalue weighted by Gasteiger charge is 2.08. The van der Waals surface area contributed by atoms with Gasteiger partial charge < -0.3 is 11.5 Å². The van der Waals surface area contributed by atoms with Crippen molar-refractivity contribution in [2.24, 2.45) is 21.7 Å². The molecule has 2 rings (SSSR count). The summed E-state index contributed by atoms with van der Waals surface area (Å²) < 4.78 is 0. The van der Waals surface area contributed by atoms with Crippen LogP contribution in [0.15, 0.2) is 34.5 Å². The Labute approximate surface area is 120 Å². The molecule has 5 heteroatoms. The minimum atomic E-state index is -0.0287. The monoisotopic (exact) mass is 273 g/mol. The fraction of sp³-hybridized carbons (Fsp3) is 0.467. The van der Waals surface area contributed by atoms with Crippen LogP contribution in [0.4, 0.5) is 0 Å². The average molecular weight is 273 g/mol. The number of hydrogen-bond donors (Lipinski definition) is 2. The van der Waals surface area contributed by atoms with E-state index in [4.69, 9.17) is 11.5 Å². The van der Waals surface area contributed by atoms with Gasteiger partial charge >= 0.3 is 0 Å². The lowest BCUT2D eigenvalue weighted by Crippen LogP contribution is -2.23. The molecule has 20 heavy (non-hydrogen) atoms. The zero-order valence-corrected chi connectivity index (χ0v) is 11.8. The Morgan fingerprint density at radius 2 is 1.70 bits per heavy atom. The molecule has 0 radical (unpaired) electrons. The van der Waals surface area contributed by atoms with Crippen LogP contribution in [0.25, 0.3) is 0 Å². The molecule has 0 atom stereocenters. The molecule has 4 N–H and O–H groups in total. The van der Waals surface area contributed by atoms with Crippen LogP contribution >= 0.6 is 0 Å². The van der Waals surface area contributed by atoms with Crippen molar-refractivity contribution in [3.05, 3.63) is 35.4 Å². The molecule has 1 saturated heterocycles. The fourth-order valence-corrected chi connectivity index (χ4v) is 2.42. The third kappa shape index (κ3) is 5.01. The predicted molar refractivity (Wildman–Crippen MR) is 83.6 cm³/mol. The number of rotatable bonds is 4. The standard InChI is InChI=1S/C15H23N5/c16-15(17)19-18-11-13-5-7-14(8-6-13)12-20-9-3-1-2-4-10-20/h5-8,11H,1-4,9-10,12H2,(H4,16,17,19). The zero-order chi connectivity index (χ0) is 14.2. The normalized spacial score (nSPS) is 17.0. The van der Waals surface area contributed by atoms with Crippen LogP contribution in [0.5, 0.6) is 0 Å². The Morgan fingerprint density at radius 1 is 1.05 bits per heavy atom. The molecule has 5 nitrogen and oxygen atoms in total. The second kappa shape index (κ2) is 7.65. The van der Waals surface area contributed by atoms with Crippen molar-refractivity contribution in [2.75, 3.05) is 13.1 Å². The molecule has 1 aromatic carbocycles. The molecule has 108 valence electrons. The van der Waals surface area contributed by atoms with E-state index >= 15 is 0 Å². The second-order valence-electron chi connectivity index (χ2n) is 5.20. The van der Waals surface area contributed by atoms with E-state index < -0.39 is 0 Å². The molecule has 0 aliphatic carbocycles. The second-order valence-corrected chi connectivity index (χ2v) is 5.20. The molecular formula is C15H23N5. The van der Waals surface area contributed by atoms with Crippen LogP contribution in [-0.2, 0) is 6.54 Å². The number of benzene rings is 1. The number of guanidine groups is 1. The summed E-state index contributed by atoms with van der Waals surface area (Å²) in [5, 5.41) is 7.38. The van der Waals surface area contributed by atoms with Crippen molar-refractivity contribution < 1.29 is 0 Å². The maximum atomic E-state index is 5.21. The fourth-order valence-electron chi connectivity index (χ4n) is 2.42. The number of likely N-dealkylation sites (tertiary alicyclic amines) is 1. The summed E-state index contributed by atoms with van der Waals surface area (Å²) in [6.07, 6.45) is 7.04. The minimum absolute atomic E-state index is 0.0287. The van der Waals surface area contributed by atoms with E-state index in [1.165, 1.54) is 44.3 Å². The van der Waals surface area contributed by atoms with Crippen LogP contribution in [0.2, 0.25) is 0 Å². The molecule has 1 heterocycles. The average Bonchev–Trinajstić information content (AvgIpc) is 2.69. The first-order valence-corrected chi connectivity index (χ1v) is 7.17. The van der Waals surface area contributed by atoms with E-state index in [-0.39, 0.29) is 5.96 Å². The quantitative estimate of drug-likeness (QED) is 0.497. The Morgan fingerprint density at radius 3 is 2.30 bits per heavy atom. The van der Waals surface area contributed by atoms with Gasteiger partial charge in [0, 0.05) is 6.54 Å². The number of hydrogen-bond acceptors (Lipinski definition) is 3. The highest BCUT2D eigenvalue weighted by Crippen LogP contribution is 2.13. The molecule has 0 bridgehead atoms. The van der Waals surface area contributed by atoms with E-state index in [1.54, 1.807) is 6.21 Å². The van der Waals surface area contributed by atoms with Crippen molar-refractivity contribution in [3.8, 4) is 0 Å². The highest BCUT2D eigenvalue weighted by molar-refractivity contribution is 5.81. The summed E-state index contributed by atoms with van der Waals surface area (Å²) in [6, 6.07) is 8.36. The molecule has 0 spiro atoms. The summed E-state index contributed by atoms with van der Waals surface area (Å²) in [5.41, 5.74) is 12.7. The largest absolute Gasteiger partial charge is 0.369 e. The molecule has 0 unspecified atom stereocenters. The molecule has 1 aliphatic heterocycles. The van der Waals surface area contributed by atoms with Gasteiger partial charge in [0.05, 0.1) is 6.21 Å². The first kappa shape index (κ1) is 14.5. The van der Waals surface area contributed by atoms with Crippen molar-refractivity contribution in [1.29, 1.82) is 0 Å². The van der Waals surface area contributed by atoms with E-state index in [0.717, 1.165) is 12.1 Å². The summed E-state index contributed by atoms with van der Waals surface area (Å²) in [5.74, 6) is -0.0287. The Kier molecular flexibility index (Phi) is 5.55. The van der Waals surface area contributed by atoms with E-state index in [9.17, 15) is 0 Å². The van der Waals surface area contributed by atoms with Crippen LogP contribution in [0.3, 0.4) is 0 Å². The maximum absolute atomic E-state index is 5.21. The van der Waals surface area contributed by atoms with Crippen molar-refractivity contribution in [2.45, 2.75) is 32.2 Å². The van der Waals surface area contributed by atoms with E-state index in [1.807, 2.05) is 12.1 Å². The topological polar surface area (TPSA) is 80.0 Å². The van der Waals surface area contributed by atoms with Gasteiger partial charge in [0.25, 0.3) is 0 Å². The van der Waals surface area contributed by atoms with Gasteiger partial charge in [-0.15, -0.1) is 5.10 Å². The first-order valence-electron chi connectivity index (χ1n) is 7.17. The van der Waals surface area contributed by atoms with Crippen LogP contribution in [0.1, 0.15) is 36.8 Å². The summed E-state index contributed by atoms with van der Waals surface area (Å²) in [7, 11) is 0. The molecule has 1 aromatic rings. The third-order valence-corrected chi connectivity index (χ3v) is 3.46. The summed E-state index contributed by atoms with van der Waals surface area (Å²) >= 11 is 0. The van der Waals surface area contributed by atoms with Crippen molar-refractivity contribution >= 4 is 12.2 Å². The summed E-state index contributed by atoms with van der Waals surface area (Å²) in [6.45, 7) is 3.47. The van der Waals surface area contributed by atoms with Gasteiger partial charge in [-0.1, -0.05) is 37.1 Å². The number of nitrogens with two attached hydrogens (primary N) is 2. The number of nitrogens with zero attached hydrogens (tertiary/aromatic N) is 3. The van der Waals surface area contributed by atoms with Crippen molar-refractivity contribution in [1.82, 2.24) is 4.90 Å². The van der Waals surface area contributed by atoms with Crippen LogP contribution in [0, 0.1) is 0 Å². The predicted octanol–water partition coefficient (Wildman–Crippen LogP) is 1.67. The minimum Gasteiger partial charge on any atom is -0.369 e. The maximum Gasteiger partial charge on any atom is 0.211 e. The van der Waals surface area contributed by atoms with Gasteiger partial charge in [-0.05, 0) is 37.1 Å². The van der Waals surface area contributed by atoms with Gasteiger partial charge in [-0.25, -0.2) is 0 Å². The molecule has 0 saturated carbocycles. The molecule has 1 aliphatic rings. The van der Waals surface area contributed by atoms with Crippen molar-refractivity contribution in [3.63, 3.8) is 0 Å². The van der Waals surface area contributed by atoms with E-state index in [2.05, 4.69) is 27.2 Å². The SMILES string of the molecule is NC(N)=NN=Cc1ccc(CN2CCCCCC2)cc1. The van der Waals surface area contributed by atoms with Crippen LogP contribution in [-0.4, -0.2) is 30.2 Å². The smallest absolute Gasteiger partial charge is 0.211 e. The molecule has 1 fully saturated rings. The van der Waals surface area contributed by atoms with Gasteiger partial charge in [-0.3, -0.25) is 4.90 Å². The lowest BCUT2D eigenvalue weighted by Gasteiger charge is -2.19. The third-order valence-electron chi connectivity index (χ3n) is 3.46. The van der Waals surface area contributed by atoms with Gasteiger partial charge in [0.15, 0.2) is 0 Å². The zero-order valence-electron chi connectivity index (χ0n) is 11.8. The molecular weight excluding hydrogens is 250 g/mol. The molecule has 0 amide bonds. The Bertz CT molecular complexity index is 452. The Balaban J connectivity index is 1.90. The first-order chi connectivity index (χ1) is 9.74.